The third kappa shape index (κ3) is 3.90. The number of nitrogens with zero attached hydrogens (tertiary/aromatic N) is 4. The lowest BCUT2D eigenvalue weighted by molar-refractivity contribution is -0.211. The summed E-state index contributed by atoms with van der Waals surface area (Å²) in [6.45, 7) is 0.674. The number of benzene rings is 2. The van der Waals surface area contributed by atoms with Crippen LogP contribution in [0.15, 0.2) is 53.1 Å². The Morgan fingerprint density at radius 1 is 0.953 bits per heavy atom. The summed E-state index contributed by atoms with van der Waals surface area (Å²) in [4.78, 5) is 21.2. The van der Waals surface area contributed by atoms with E-state index in [1.54, 1.807) is 0 Å². The average Bonchev–Trinajstić information content (AvgIpc) is 3.97. The molecular formula is C36H37FN4O2. The van der Waals surface area contributed by atoms with Crippen molar-refractivity contribution in [3.8, 4) is 17.2 Å². The number of hydrogen-bond donors (Lipinski definition) is 0. The molecule has 43 heavy (non-hydrogen) atoms. The molecule has 0 spiro atoms. The van der Waals surface area contributed by atoms with Gasteiger partial charge in [-0.1, -0.05) is 41.6 Å². The number of nitriles is 1. The van der Waals surface area contributed by atoms with Gasteiger partial charge in [0.05, 0.1) is 16.9 Å². The van der Waals surface area contributed by atoms with E-state index in [9.17, 15) is 14.4 Å². The summed E-state index contributed by atoms with van der Waals surface area (Å²) in [6, 6.07) is 19.1. The van der Waals surface area contributed by atoms with Crippen molar-refractivity contribution in [2.45, 2.75) is 106 Å². The number of anilines is 1. The third-order valence-corrected chi connectivity index (χ3v) is 12.3. The first-order valence-electron chi connectivity index (χ1n) is 16.2. The molecule has 8 fully saturated rings. The molecule has 1 heterocycles. The zero-order chi connectivity index (χ0) is 29.1. The highest BCUT2D eigenvalue weighted by molar-refractivity contribution is 6.00. The van der Waals surface area contributed by atoms with Gasteiger partial charge in [0.15, 0.2) is 5.82 Å². The molecule has 0 atom stereocenters. The number of alkyl halides is 1. The molecule has 8 saturated carbocycles. The molecule has 1 amide bonds. The minimum absolute atomic E-state index is 0.0259. The van der Waals surface area contributed by atoms with Crippen molar-refractivity contribution in [3.63, 3.8) is 0 Å². The van der Waals surface area contributed by atoms with Crippen LogP contribution in [0, 0.1) is 22.2 Å². The highest BCUT2D eigenvalue weighted by atomic mass is 19.1. The molecule has 0 unspecified atom stereocenters. The summed E-state index contributed by atoms with van der Waals surface area (Å²) >= 11 is 0. The Hall–Kier alpha value is -3.53. The van der Waals surface area contributed by atoms with Crippen LogP contribution in [0.5, 0.6) is 0 Å². The van der Waals surface area contributed by atoms with E-state index in [0.717, 1.165) is 85.5 Å². The largest absolute Gasteiger partial charge is 0.339 e. The van der Waals surface area contributed by atoms with Crippen molar-refractivity contribution in [1.82, 2.24) is 10.1 Å². The molecule has 220 valence electrons. The van der Waals surface area contributed by atoms with Gasteiger partial charge < -0.3 is 9.42 Å². The highest BCUT2D eigenvalue weighted by Gasteiger charge is 2.73. The Morgan fingerprint density at radius 3 is 2.26 bits per heavy atom. The van der Waals surface area contributed by atoms with Gasteiger partial charge in [-0.05, 0) is 118 Å². The van der Waals surface area contributed by atoms with Crippen LogP contribution in [-0.2, 0) is 15.6 Å². The molecule has 8 aliphatic rings. The van der Waals surface area contributed by atoms with Crippen molar-refractivity contribution in [3.05, 3.63) is 65.8 Å². The first-order chi connectivity index (χ1) is 20.8. The van der Waals surface area contributed by atoms with E-state index in [0.29, 0.717) is 31.7 Å². The molecule has 2 aromatic carbocycles. The quantitative estimate of drug-likeness (QED) is 0.275. The number of fused-ring (bicyclic) bond motifs is 3. The number of aromatic nitrogens is 2. The lowest BCUT2D eigenvalue weighted by atomic mass is 9.41. The van der Waals surface area contributed by atoms with Gasteiger partial charge in [0.2, 0.25) is 11.8 Å². The Bertz CT molecular complexity index is 1630. The van der Waals surface area contributed by atoms with Crippen molar-refractivity contribution < 1.29 is 13.7 Å². The van der Waals surface area contributed by atoms with Gasteiger partial charge in [-0.25, -0.2) is 4.39 Å². The van der Waals surface area contributed by atoms with Crippen molar-refractivity contribution in [2.24, 2.45) is 10.8 Å². The monoisotopic (exact) mass is 576 g/mol. The number of carbonyl (C=O) groups excluding carboxylic acids is 1. The zero-order valence-corrected chi connectivity index (χ0v) is 24.6. The fourth-order valence-electron chi connectivity index (χ4n) is 9.00. The molecule has 7 heteroatoms. The Kier molecular flexibility index (Phi) is 5.16. The fraction of sp³-hybridized carbons (Fsp3) is 0.556. The van der Waals surface area contributed by atoms with E-state index in [2.05, 4.69) is 47.6 Å². The van der Waals surface area contributed by atoms with E-state index >= 15 is 0 Å². The maximum absolute atomic E-state index is 14.6. The van der Waals surface area contributed by atoms with Crippen LogP contribution in [0.1, 0.15) is 107 Å². The molecular weight excluding hydrogens is 539 g/mol. The smallest absolute Gasteiger partial charge is 0.233 e. The summed E-state index contributed by atoms with van der Waals surface area (Å²) in [5.74, 6) is 2.31. The second-order valence-electron chi connectivity index (χ2n) is 15.2. The Morgan fingerprint density at radius 2 is 1.65 bits per heavy atom. The summed E-state index contributed by atoms with van der Waals surface area (Å²) in [7, 11) is 0. The fourth-order valence-corrected chi connectivity index (χ4v) is 9.00. The predicted molar refractivity (Wildman–Crippen MR) is 159 cm³/mol. The molecule has 8 aliphatic carbocycles. The lowest BCUT2D eigenvalue weighted by Crippen LogP contribution is -2.71. The minimum Gasteiger partial charge on any atom is -0.339 e. The molecule has 3 aromatic rings. The molecule has 4 bridgehead atoms. The lowest BCUT2D eigenvalue weighted by Gasteiger charge is -2.65. The number of hydrogen-bond acceptors (Lipinski definition) is 5. The minimum atomic E-state index is -1.12. The van der Waals surface area contributed by atoms with E-state index < -0.39 is 11.1 Å². The van der Waals surface area contributed by atoms with Crippen LogP contribution in [0.3, 0.4) is 0 Å². The SMILES string of the molecule is N#CC1(c2ccc(-c3cccc(N(CC45CCC(c6nc(C7CC7)no6)(CC4)CC5)C(=O)C45CC(F)(C4)C5)c3)cc2)CC1. The second kappa shape index (κ2) is 8.55. The number of halogens is 1. The van der Waals surface area contributed by atoms with Crippen LogP contribution in [-0.4, -0.2) is 28.3 Å². The normalized spacial score (nSPS) is 34.5. The van der Waals surface area contributed by atoms with E-state index in [-0.39, 0.29) is 22.2 Å². The Balaban J connectivity index is 0.991. The van der Waals surface area contributed by atoms with Crippen LogP contribution in [0.4, 0.5) is 10.1 Å². The summed E-state index contributed by atoms with van der Waals surface area (Å²) in [5.41, 5.74) is 2.17. The predicted octanol–water partition coefficient (Wildman–Crippen LogP) is 7.69. The summed E-state index contributed by atoms with van der Waals surface area (Å²) in [5, 5.41) is 13.9. The Labute approximate surface area is 251 Å². The second-order valence-corrected chi connectivity index (χ2v) is 15.2. The molecule has 0 saturated heterocycles. The molecule has 0 aliphatic heterocycles. The van der Waals surface area contributed by atoms with Crippen LogP contribution >= 0.6 is 0 Å². The number of rotatable bonds is 8. The topological polar surface area (TPSA) is 83.0 Å². The molecule has 1 aromatic heterocycles. The van der Waals surface area contributed by atoms with Crippen LogP contribution in [0.25, 0.3) is 11.1 Å². The van der Waals surface area contributed by atoms with Crippen LogP contribution < -0.4 is 4.90 Å². The molecule has 11 rings (SSSR count). The summed E-state index contributed by atoms with van der Waals surface area (Å²) < 4.78 is 20.5. The van der Waals surface area contributed by atoms with Gasteiger partial charge in [-0.15, -0.1) is 0 Å². The number of carbonyl (C=O) groups is 1. The molecule has 0 N–H and O–H groups in total. The van der Waals surface area contributed by atoms with Crippen molar-refractivity contribution in [2.75, 3.05) is 11.4 Å². The van der Waals surface area contributed by atoms with Gasteiger partial charge >= 0.3 is 0 Å². The standard InChI is InChI=1S/C36H37FN4O2/c37-36-19-35(20-36,21-36)31(42)41(28-3-1-2-26(18-28)24-6-8-27(9-7-24)34(22-38)16-17-34)23-32-10-13-33(14-11-32,15-12-32)30-39-29(40-43-30)25-4-5-25/h1-3,6-9,18,25H,4-5,10-17,19-21,23H2. The van der Waals surface area contributed by atoms with Gasteiger partial charge in [0.25, 0.3) is 0 Å². The maximum atomic E-state index is 14.6. The molecule has 0 radical (unpaired) electrons. The van der Waals surface area contributed by atoms with Gasteiger partial charge in [0.1, 0.15) is 5.67 Å². The van der Waals surface area contributed by atoms with Crippen LogP contribution in [0.2, 0.25) is 0 Å². The molecule has 6 nitrogen and oxygen atoms in total. The van der Waals surface area contributed by atoms with Gasteiger partial charge in [-0.2, -0.15) is 10.2 Å². The third-order valence-electron chi connectivity index (χ3n) is 12.3. The van der Waals surface area contributed by atoms with Gasteiger partial charge in [0, 0.05) is 23.6 Å². The van der Waals surface area contributed by atoms with E-state index in [4.69, 9.17) is 9.51 Å². The average molecular weight is 577 g/mol. The number of amides is 1. The highest BCUT2D eigenvalue weighted by Crippen LogP contribution is 2.70. The zero-order valence-electron chi connectivity index (χ0n) is 24.6. The first kappa shape index (κ1) is 25.9. The van der Waals surface area contributed by atoms with Crippen molar-refractivity contribution in [1.29, 1.82) is 5.26 Å². The van der Waals surface area contributed by atoms with E-state index in [1.807, 2.05) is 17.0 Å². The van der Waals surface area contributed by atoms with Gasteiger partial charge in [-0.3, -0.25) is 4.79 Å². The summed E-state index contributed by atoms with van der Waals surface area (Å²) in [6.07, 6.45) is 11.4. The first-order valence-corrected chi connectivity index (χ1v) is 16.2. The maximum Gasteiger partial charge on any atom is 0.233 e. The van der Waals surface area contributed by atoms with E-state index in [1.165, 1.54) is 12.8 Å². The van der Waals surface area contributed by atoms with Crippen molar-refractivity contribution >= 4 is 11.6 Å².